The van der Waals surface area contributed by atoms with Crippen LogP contribution in [0.4, 0.5) is 0 Å². The van der Waals surface area contributed by atoms with Crippen molar-refractivity contribution in [1.82, 2.24) is 0 Å². The highest BCUT2D eigenvalue weighted by atomic mass is 16.3. The molecule has 0 saturated carbocycles. The van der Waals surface area contributed by atoms with Gasteiger partial charge in [0.05, 0.1) is 10.8 Å². The van der Waals surface area contributed by atoms with Crippen molar-refractivity contribution in [3.8, 4) is 0 Å². The Kier molecular flexibility index (Phi) is 3.23. The van der Waals surface area contributed by atoms with Gasteiger partial charge in [0, 0.05) is 0 Å². The molecule has 0 unspecified atom stereocenters. The third kappa shape index (κ3) is 4.05. The van der Waals surface area contributed by atoms with E-state index in [1.54, 1.807) is 20.8 Å². The van der Waals surface area contributed by atoms with Gasteiger partial charge < -0.3 is 5.11 Å². The second kappa shape index (κ2) is 3.47. The molecule has 0 rings (SSSR count). The molecule has 0 aliphatic carbocycles. The van der Waals surface area contributed by atoms with Gasteiger partial charge in [0.25, 0.3) is 0 Å². The van der Waals surface area contributed by atoms with Gasteiger partial charge in [0.1, 0.15) is 0 Å². The molecule has 0 radical (unpaired) electrons. The number of carbonyl (C=O) groups excluding carboxylic acids is 1. The van der Waals surface area contributed by atoms with Gasteiger partial charge in [-0.25, -0.2) is 4.79 Å². The van der Waals surface area contributed by atoms with Crippen LogP contribution in [0.15, 0.2) is 5.76 Å². The average Bonchev–Trinajstić information content (AvgIpc) is 1.82. The van der Waals surface area contributed by atoms with Crippen molar-refractivity contribution in [3.63, 3.8) is 0 Å². The van der Waals surface area contributed by atoms with Crippen LogP contribution >= 0.6 is 0 Å². The predicted octanol–water partition coefficient (Wildman–Crippen LogP) is 2.89. The summed E-state index contributed by atoms with van der Waals surface area (Å²) in [6, 6.07) is 0. The Morgan fingerprint density at radius 1 is 1.00 bits per heavy atom. The highest BCUT2D eigenvalue weighted by Gasteiger charge is 2.36. The third-order valence-electron chi connectivity index (χ3n) is 1.62. The quantitative estimate of drug-likeness (QED) is 0.385. The summed E-state index contributed by atoms with van der Waals surface area (Å²) in [7, 11) is 0. The first-order valence-corrected chi connectivity index (χ1v) is 4.43. The van der Waals surface area contributed by atoms with Gasteiger partial charge in [-0.05, 0) is 41.5 Å². The summed E-state index contributed by atoms with van der Waals surface area (Å²) >= 11 is 0. The smallest absolute Gasteiger partial charge is 0.400 e. The van der Waals surface area contributed by atoms with Crippen molar-refractivity contribution in [2.75, 3.05) is 0 Å². The molecule has 2 nitrogen and oxygen atoms in total. The first kappa shape index (κ1) is 12.1. The topological polar surface area (TPSA) is 37.3 Å². The Balaban J connectivity index is 4.70. The lowest BCUT2D eigenvalue weighted by atomic mass is 9.87. The summed E-state index contributed by atoms with van der Waals surface area (Å²) in [6.07, 6.45) is 2.49. The third-order valence-corrected chi connectivity index (χ3v) is 1.62. The number of hydrogen-bond donors (Lipinski definition) is 1. The van der Waals surface area contributed by atoms with E-state index in [4.69, 9.17) is 0 Å². The molecule has 0 bridgehead atoms. The number of aliphatic hydroxyl groups excluding tert-OH is 1. The molecule has 0 aliphatic rings. The maximum absolute atomic E-state index is 11.4. The van der Waals surface area contributed by atoms with Crippen LogP contribution in [0.2, 0.25) is 0 Å². The highest BCUT2D eigenvalue weighted by molar-refractivity contribution is 5.90. The van der Waals surface area contributed by atoms with Gasteiger partial charge in [-0.15, -0.1) is 0 Å². The Morgan fingerprint density at radius 3 is 1.62 bits per heavy atom. The molecule has 0 fully saturated rings. The van der Waals surface area contributed by atoms with E-state index in [-0.39, 0.29) is 11.5 Å². The number of carbonyl (C=O) groups is 1. The van der Waals surface area contributed by atoms with E-state index in [0.29, 0.717) is 0 Å². The lowest BCUT2D eigenvalue weighted by Gasteiger charge is -2.09. The van der Waals surface area contributed by atoms with Crippen LogP contribution in [0.25, 0.3) is 0 Å². The van der Waals surface area contributed by atoms with Crippen LogP contribution in [0.1, 0.15) is 41.5 Å². The molecule has 0 saturated heterocycles. The molecule has 1 N–H and O–H groups in total. The van der Waals surface area contributed by atoms with E-state index in [2.05, 4.69) is 6.08 Å². The predicted molar refractivity (Wildman–Crippen MR) is 53.3 cm³/mol. The van der Waals surface area contributed by atoms with E-state index >= 15 is 0 Å². The number of ketones is 1. The molecule has 0 aromatic heterocycles. The SMILES string of the molecule is CC(C)(C)C(=O)[C+]=C(O)C(C)(C)C. The zero-order valence-electron chi connectivity index (χ0n) is 9.36. The van der Waals surface area contributed by atoms with Crippen molar-refractivity contribution >= 4 is 5.78 Å². The first-order valence-electron chi connectivity index (χ1n) is 4.43. The molecule has 0 amide bonds. The Bertz CT molecular complexity index is 223. The maximum atomic E-state index is 11.4. The number of allylic oxidation sites excluding steroid dienone is 2. The molecule has 0 aromatic carbocycles. The summed E-state index contributed by atoms with van der Waals surface area (Å²) in [5, 5.41) is 9.50. The summed E-state index contributed by atoms with van der Waals surface area (Å²) in [5.74, 6) is -0.146. The second-order valence-electron chi connectivity index (χ2n) is 5.30. The standard InChI is InChI=1S/C11H18O2/c1-10(2,3)8(12)7-9(13)11(4,5)6/h1-6H3/p+1. The number of aliphatic hydroxyl groups is 1. The Morgan fingerprint density at radius 2 is 1.38 bits per heavy atom. The minimum Gasteiger partial charge on any atom is -0.471 e. The van der Waals surface area contributed by atoms with E-state index in [1.165, 1.54) is 0 Å². The van der Waals surface area contributed by atoms with E-state index in [1.807, 2.05) is 20.8 Å². The van der Waals surface area contributed by atoms with Gasteiger partial charge in [-0.2, -0.15) is 0 Å². The van der Waals surface area contributed by atoms with Crippen molar-refractivity contribution in [1.29, 1.82) is 0 Å². The van der Waals surface area contributed by atoms with Crippen molar-refractivity contribution in [2.45, 2.75) is 41.5 Å². The van der Waals surface area contributed by atoms with Crippen molar-refractivity contribution in [2.24, 2.45) is 10.8 Å². The molecule has 2 heteroatoms. The van der Waals surface area contributed by atoms with Crippen molar-refractivity contribution in [3.05, 3.63) is 11.8 Å². The number of Topliss-reactive ketones (excluding diaryl/α,β-unsaturated/α-hetero) is 1. The Hall–Kier alpha value is -0.880. The lowest BCUT2D eigenvalue weighted by Crippen LogP contribution is -2.21. The van der Waals surface area contributed by atoms with Gasteiger partial charge in [0.2, 0.25) is 0 Å². The molecule has 0 heterocycles. The van der Waals surface area contributed by atoms with Crippen LogP contribution in [0.3, 0.4) is 0 Å². The largest absolute Gasteiger partial charge is 0.471 e. The Labute approximate surface area is 80.7 Å². The van der Waals surface area contributed by atoms with Crippen LogP contribution in [-0.2, 0) is 4.79 Å². The zero-order valence-corrected chi connectivity index (χ0v) is 9.36. The molecule has 0 aliphatic heterocycles. The van der Waals surface area contributed by atoms with E-state index in [0.717, 1.165) is 0 Å². The minimum atomic E-state index is -0.473. The fraction of sp³-hybridized carbons (Fsp3) is 0.727. The van der Waals surface area contributed by atoms with Gasteiger partial charge >= 0.3 is 17.6 Å². The molecule has 13 heavy (non-hydrogen) atoms. The number of rotatable bonds is 1. The van der Waals surface area contributed by atoms with Gasteiger partial charge in [-0.3, -0.25) is 0 Å². The van der Waals surface area contributed by atoms with Gasteiger partial charge in [0.15, 0.2) is 0 Å². The lowest BCUT2D eigenvalue weighted by molar-refractivity contribution is -0.122. The minimum absolute atomic E-state index is 0.0208. The highest BCUT2D eigenvalue weighted by Crippen LogP contribution is 2.24. The number of hydrogen-bond acceptors (Lipinski definition) is 2. The fourth-order valence-corrected chi connectivity index (χ4v) is 0.483. The van der Waals surface area contributed by atoms with Crippen LogP contribution in [-0.4, -0.2) is 10.9 Å². The summed E-state index contributed by atoms with van der Waals surface area (Å²) in [6.45, 7) is 10.9. The van der Waals surface area contributed by atoms with Crippen LogP contribution < -0.4 is 0 Å². The average molecular weight is 183 g/mol. The van der Waals surface area contributed by atoms with E-state index < -0.39 is 10.8 Å². The fourth-order valence-electron chi connectivity index (χ4n) is 0.483. The molecule has 0 spiro atoms. The van der Waals surface area contributed by atoms with E-state index in [9.17, 15) is 9.90 Å². The maximum Gasteiger partial charge on any atom is 0.400 e. The van der Waals surface area contributed by atoms with Crippen LogP contribution in [0.5, 0.6) is 0 Å². The second-order valence-corrected chi connectivity index (χ2v) is 5.30. The van der Waals surface area contributed by atoms with Crippen LogP contribution in [0, 0.1) is 16.9 Å². The normalized spacial score (nSPS) is 13.8. The molecular formula is C11H19O2+. The first-order chi connectivity index (χ1) is 5.55. The summed E-state index contributed by atoms with van der Waals surface area (Å²) in [4.78, 5) is 11.4. The summed E-state index contributed by atoms with van der Waals surface area (Å²) in [5.41, 5.74) is -0.875. The molecule has 0 aromatic rings. The summed E-state index contributed by atoms with van der Waals surface area (Å²) < 4.78 is 0. The zero-order chi connectivity index (χ0) is 10.9. The van der Waals surface area contributed by atoms with Crippen molar-refractivity contribution < 1.29 is 9.90 Å². The molecule has 0 atom stereocenters. The molecule has 74 valence electrons. The monoisotopic (exact) mass is 183 g/mol. The molecular weight excluding hydrogens is 164 g/mol. The van der Waals surface area contributed by atoms with Gasteiger partial charge in [-0.1, -0.05) is 0 Å².